The summed E-state index contributed by atoms with van der Waals surface area (Å²) in [6.07, 6.45) is 5.09. The molecule has 0 aromatic carbocycles. The summed E-state index contributed by atoms with van der Waals surface area (Å²) >= 11 is 0. The molecule has 76 valence electrons. The molecule has 3 nitrogen and oxygen atoms in total. The number of hydrogen-bond acceptors (Lipinski definition) is 2. The lowest BCUT2D eigenvalue weighted by atomic mass is 10.2. The maximum Gasteiger partial charge on any atom is 0.330 e. The van der Waals surface area contributed by atoms with Gasteiger partial charge in [-0.05, 0) is 38.0 Å². The number of carbonyl (C=O) groups excluding carboxylic acids is 1. The topological polar surface area (TPSA) is 42.1 Å². The van der Waals surface area contributed by atoms with Gasteiger partial charge in [-0.2, -0.15) is 0 Å². The summed E-state index contributed by atoms with van der Waals surface area (Å²) in [5.41, 5.74) is 3.30. The van der Waals surface area contributed by atoms with E-state index in [2.05, 4.69) is 4.98 Å². The van der Waals surface area contributed by atoms with Gasteiger partial charge in [0.15, 0.2) is 0 Å². The first-order chi connectivity index (χ1) is 6.65. The van der Waals surface area contributed by atoms with Crippen LogP contribution in [0.5, 0.6) is 0 Å². The molecule has 0 spiro atoms. The predicted molar refractivity (Wildman–Crippen MR) is 55.9 cm³/mol. The largest absolute Gasteiger partial charge is 0.463 e. The van der Waals surface area contributed by atoms with E-state index in [0.29, 0.717) is 6.61 Å². The third-order valence-electron chi connectivity index (χ3n) is 2.11. The Bertz CT molecular complexity index is 350. The van der Waals surface area contributed by atoms with Crippen molar-refractivity contribution in [2.24, 2.45) is 0 Å². The van der Waals surface area contributed by atoms with Gasteiger partial charge in [-0.25, -0.2) is 4.79 Å². The van der Waals surface area contributed by atoms with Crippen molar-refractivity contribution in [1.29, 1.82) is 0 Å². The van der Waals surface area contributed by atoms with Crippen LogP contribution in [0.4, 0.5) is 0 Å². The number of aryl methyl sites for hydroxylation is 1. The molecule has 0 amide bonds. The smallest absolute Gasteiger partial charge is 0.330 e. The van der Waals surface area contributed by atoms with Crippen LogP contribution in [0.3, 0.4) is 0 Å². The predicted octanol–water partition coefficient (Wildman–Crippen LogP) is 2.21. The van der Waals surface area contributed by atoms with E-state index >= 15 is 0 Å². The minimum atomic E-state index is -0.306. The average molecular weight is 193 g/mol. The van der Waals surface area contributed by atoms with Crippen molar-refractivity contribution in [3.05, 3.63) is 29.1 Å². The summed E-state index contributed by atoms with van der Waals surface area (Å²) in [6, 6.07) is 0. The normalized spacial score (nSPS) is 10.8. The molecule has 0 unspecified atom stereocenters. The first-order valence-electron chi connectivity index (χ1n) is 4.64. The third kappa shape index (κ3) is 2.49. The number of aromatic nitrogens is 1. The van der Waals surface area contributed by atoms with Gasteiger partial charge in [-0.1, -0.05) is 0 Å². The Kier molecular flexibility index (Phi) is 3.51. The first-order valence-corrected chi connectivity index (χ1v) is 4.64. The molecule has 0 aliphatic heterocycles. The molecule has 0 bridgehead atoms. The number of hydrogen-bond donors (Lipinski definition) is 1. The molecule has 3 heteroatoms. The Balaban J connectivity index is 2.69. The SMILES string of the molecule is CCOC(=O)/C=C/c1[nH]cc(C)c1C. The van der Waals surface area contributed by atoms with E-state index in [1.165, 1.54) is 11.6 Å². The second kappa shape index (κ2) is 4.65. The van der Waals surface area contributed by atoms with E-state index in [-0.39, 0.29) is 5.97 Å². The Hall–Kier alpha value is -1.51. The summed E-state index contributed by atoms with van der Waals surface area (Å²) in [4.78, 5) is 14.1. The Labute approximate surface area is 83.8 Å². The van der Waals surface area contributed by atoms with Gasteiger partial charge in [0.25, 0.3) is 0 Å². The maximum absolute atomic E-state index is 11.0. The molecule has 14 heavy (non-hydrogen) atoms. The molecule has 0 atom stereocenters. The maximum atomic E-state index is 11.0. The first kappa shape index (κ1) is 10.6. The van der Waals surface area contributed by atoms with Gasteiger partial charge in [0, 0.05) is 18.0 Å². The highest BCUT2D eigenvalue weighted by Gasteiger charge is 2.00. The fraction of sp³-hybridized carbons (Fsp3) is 0.364. The molecule has 0 saturated heterocycles. The van der Waals surface area contributed by atoms with Gasteiger partial charge in [0.1, 0.15) is 0 Å². The Morgan fingerprint density at radius 1 is 1.57 bits per heavy atom. The molecule has 0 saturated carbocycles. The van der Waals surface area contributed by atoms with Crippen LogP contribution in [-0.2, 0) is 9.53 Å². The van der Waals surface area contributed by atoms with Gasteiger partial charge in [0.05, 0.1) is 6.61 Å². The number of H-pyrrole nitrogens is 1. The van der Waals surface area contributed by atoms with Gasteiger partial charge in [-0.3, -0.25) is 0 Å². The van der Waals surface area contributed by atoms with Crippen LogP contribution in [0.15, 0.2) is 12.3 Å². The van der Waals surface area contributed by atoms with Crippen LogP contribution >= 0.6 is 0 Å². The average Bonchev–Trinajstić information content (AvgIpc) is 2.46. The molecule has 1 aromatic heterocycles. The van der Waals surface area contributed by atoms with Crippen molar-refractivity contribution in [2.45, 2.75) is 20.8 Å². The Morgan fingerprint density at radius 2 is 2.29 bits per heavy atom. The lowest BCUT2D eigenvalue weighted by Gasteiger charge is -1.95. The van der Waals surface area contributed by atoms with Crippen molar-refractivity contribution in [1.82, 2.24) is 4.98 Å². The monoisotopic (exact) mass is 193 g/mol. The van der Waals surface area contributed by atoms with Crippen LogP contribution in [0.1, 0.15) is 23.7 Å². The van der Waals surface area contributed by atoms with E-state index in [9.17, 15) is 4.79 Å². The molecule has 0 aliphatic rings. The third-order valence-corrected chi connectivity index (χ3v) is 2.11. The fourth-order valence-electron chi connectivity index (χ4n) is 1.13. The highest BCUT2D eigenvalue weighted by atomic mass is 16.5. The number of nitrogens with one attached hydrogen (secondary N) is 1. The summed E-state index contributed by atoms with van der Waals surface area (Å²) in [5.74, 6) is -0.306. The van der Waals surface area contributed by atoms with E-state index in [1.807, 2.05) is 20.0 Å². The zero-order valence-electron chi connectivity index (χ0n) is 8.76. The van der Waals surface area contributed by atoms with Crippen LogP contribution in [0.2, 0.25) is 0 Å². The van der Waals surface area contributed by atoms with E-state index < -0.39 is 0 Å². The van der Waals surface area contributed by atoms with Gasteiger partial charge < -0.3 is 9.72 Å². The highest BCUT2D eigenvalue weighted by Crippen LogP contribution is 2.12. The zero-order valence-corrected chi connectivity index (χ0v) is 8.76. The van der Waals surface area contributed by atoms with Crippen molar-refractivity contribution < 1.29 is 9.53 Å². The molecular weight excluding hydrogens is 178 g/mol. The van der Waals surface area contributed by atoms with Crippen LogP contribution < -0.4 is 0 Å². The van der Waals surface area contributed by atoms with E-state index in [1.54, 1.807) is 13.0 Å². The lowest BCUT2D eigenvalue weighted by molar-refractivity contribution is -0.137. The van der Waals surface area contributed by atoms with Gasteiger partial charge in [-0.15, -0.1) is 0 Å². The number of aromatic amines is 1. The van der Waals surface area contributed by atoms with Crippen molar-refractivity contribution >= 4 is 12.0 Å². The molecular formula is C11H15NO2. The Morgan fingerprint density at radius 3 is 2.79 bits per heavy atom. The van der Waals surface area contributed by atoms with Crippen LogP contribution in [0.25, 0.3) is 6.08 Å². The van der Waals surface area contributed by atoms with Crippen molar-refractivity contribution in [2.75, 3.05) is 6.61 Å². The lowest BCUT2D eigenvalue weighted by Crippen LogP contribution is -1.98. The minimum absolute atomic E-state index is 0.306. The summed E-state index contributed by atoms with van der Waals surface area (Å²) in [6.45, 7) is 6.23. The molecule has 0 radical (unpaired) electrons. The van der Waals surface area contributed by atoms with Crippen molar-refractivity contribution in [3.8, 4) is 0 Å². The second-order valence-corrected chi connectivity index (χ2v) is 3.10. The summed E-state index contributed by atoms with van der Waals surface area (Å²) in [5, 5.41) is 0. The number of ether oxygens (including phenoxy) is 1. The second-order valence-electron chi connectivity index (χ2n) is 3.10. The van der Waals surface area contributed by atoms with E-state index in [4.69, 9.17) is 4.74 Å². The minimum Gasteiger partial charge on any atom is -0.463 e. The molecule has 1 rings (SSSR count). The number of rotatable bonds is 3. The standard InChI is InChI=1S/C11H15NO2/c1-4-14-11(13)6-5-10-9(3)8(2)7-12-10/h5-7,12H,4H2,1-3H3/b6-5+. The fourth-order valence-corrected chi connectivity index (χ4v) is 1.13. The molecule has 1 N–H and O–H groups in total. The quantitative estimate of drug-likeness (QED) is 0.590. The van der Waals surface area contributed by atoms with Crippen molar-refractivity contribution in [3.63, 3.8) is 0 Å². The summed E-state index contributed by atoms with van der Waals surface area (Å²) in [7, 11) is 0. The molecule has 0 fully saturated rings. The van der Waals surface area contributed by atoms with Crippen LogP contribution in [-0.4, -0.2) is 17.6 Å². The van der Waals surface area contributed by atoms with Crippen LogP contribution in [0, 0.1) is 13.8 Å². The van der Waals surface area contributed by atoms with Gasteiger partial charge in [0.2, 0.25) is 0 Å². The summed E-state index contributed by atoms with van der Waals surface area (Å²) < 4.78 is 4.77. The highest BCUT2D eigenvalue weighted by molar-refractivity contribution is 5.87. The van der Waals surface area contributed by atoms with Gasteiger partial charge >= 0.3 is 5.97 Å². The van der Waals surface area contributed by atoms with E-state index in [0.717, 1.165) is 11.3 Å². The zero-order chi connectivity index (χ0) is 10.6. The molecule has 0 aliphatic carbocycles. The molecule has 1 heterocycles. The number of esters is 1. The number of carbonyl (C=O) groups is 1. The molecule has 1 aromatic rings.